The second-order valence-electron chi connectivity index (χ2n) is 6.69. The Bertz CT molecular complexity index is 885. The van der Waals surface area contributed by atoms with E-state index >= 15 is 0 Å². The third-order valence-electron chi connectivity index (χ3n) is 3.50. The van der Waals surface area contributed by atoms with Crippen LogP contribution < -0.4 is 0 Å². The average molecular weight is 424 g/mol. The Kier molecular flexibility index (Phi) is 5.58. The Morgan fingerprint density at radius 3 is 2.38 bits per heavy atom. The van der Waals surface area contributed by atoms with Gasteiger partial charge >= 0.3 is 0 Å². The summed E-state index contributed by atoms with van der Waals surface area (Å²) < 4.78 is 26.2. The van der Waals surface area contributed by atoms with E-state index in [0.29, 0.717) is 11.6 Å². The van der Waals surface area contributed by atoms with Gasteiger partial charge in [0.2, 0.25) is 0 Å². The molecule has 0 radical (unpaired) electrons. The molecule has 0 N–H and O–H groups in total. The molecular formula is C16H18BrN3O2SSi. The van der Waals surface area contributed by atoms with Gasteiger partial charge in [0.25, 0.3) is 0 Å². The summed E-state index contributed by atoms with van der Waals surface area (Å²) in [7, 11) is -5.17. The third kappa shape index (κ3) is 4.50. The number of sulfone groups is 1. The van der Waals surface area contributed by atoms with Crippen LogP contribution in [0.2, 0.25) is 25.7 Å². The number of rotatable bonds is 5. The molecule has 2 rings (SSSR count). The maximum atomic E-state index is 12.7. The normalized spacial score (nSPS) is 12.0. The van der Waals surface area contributed by atoms with Gasteiger partial charge in [0.15, 0.2) is 14.9 Å². The second-order valence-corrected chi connectivity index (χ2v) is 15.2. The Morgan fingerprint density at radius 1 is 1.21 bits per heavy atom. The van der Waals surface area contributed by atoms with Gasteiger partial charge in [0.1, 0.15) is 11.6 Å². The average Bonchev–Trinajstić information content (AvgIpc) is 2.52. The van der Waals surface area contributed by atoms with E-state index in [1.54, 1.807) is 12.1 Å². The predicted molar refractivity (Wildman–Crippen MR) is 100 cm³/mol. The highest BCUT2D eigenvalue weighted by atomic mass is 79.9. The molecule has 24 heavy (non-hydrogen) atoms. The Balaban J connectivity index is 2.51. The molecule has 0 amide bonds. The van der Waals surface area contributed by atoms with Gasteiger partial charge in [-0.2, -0.15) is 10.4 Å². The monoisotopic (exact) mass is 423 g/mol. The van der Waals surface area contributed by atoms with Crippen molar-refractivity contribution in [3.63, 3.8) is 0 Å². The van der Waals surface area contributed by atoms with Crippen molar-refractivity contribution in [1.29, 1.82) is 5.26 Å². The highest BCUT2D eigenvalue weighted by Crippen LogP contribution is 2.28. The van der Waals surface area contributed by atoms with Gasteiger partial charge in [0.05, 0.1) is 11.9 Å². The Labute approximate surface area is 151 Å². The van der Waals surface area contributed by atoms with E-state index < -0.39 is 17.9 Å². The molecule has 1 heterocycles. The zero-order chi connectivity index (χ0) is 18.0. The van der Waals surface area contributed by atoms with Crippen molar-refractivity contribution in [2.75, 3.05) is 5.75 Å². The van der Waals surface area contributed by atoms with Crippen LogP contribution in [-0.4, -0.2) is 32.4 Å². The summed E-state index contributed by atoms with van der Waals surface area (Å²) in [4.78, 5) is 0. The molecular weight excluding hydrogens is 406 g/mol. The van der Waals surface area contributed by atoms with Gasteiger partial charge in [-0.15, -0.1) is 5.10 Å². The zero-order valence-corrected chi connectivity index (χ0v) is 17.1. The number of hydrogen-bond acceptors (Lipinski definition) is 5. The van der Waals surface area contributed by atoms with Crippen molar-refractivity contribution in [2.45, 2.75) is 30.7 Å². The summed E-state index contributed by atoms with van der Waals surface area (Å²) in [6.07, 6.45) is 1.43. The van der Waals surface area contributed by atoms with Crippen LogP contribution in [0.3, 0.4) is 0 Å². The minimum absolute atomic E-state index is 0.00409. The first-order valence-electron chi connectivity index (χ1n) is 7.38. The van der Waals surface area contributed by atoms with Crippen LogP contribution in [0, 0.1) is 11.3 Å². The molecule has 2 aromatic rings. The second kappa shape index (κ2) is 7.13. The minimum atomic E-state index is -3.65. The quantitative estimate of drug-likeness (QED) is 0.680. The van der Waals surface area contributed by atoms with Crippen molar-refractivity contribution >= 4 is 33.8 Å². The molecule has 8 heteroatoms. The highest BCUT2D eigenvalue weighted by molar-refractivity contribution is 9.10. The van der Waals surface area contributed by atoms with Gasteiger partial charge in [-0.25, -0.2) is 8.42 Å². The summed E-state index contributed by atoms with van der Waals surface area (Å²) in [5, 5.41) is 16.9. The van der Waals surface area contributed by atoms with Crippen LogP contribution >= 0.6 is 15.9 Å². The fraction of sp³-hybridized carbons (Fsp3) is 0.312. The number of aromatic nitrogens is 2. The lowest BCUT2D eigenvalue weighted by Crippen LogP contribution is -2.24. The van der Waals surface area contributed by atoms with Crippen LogP contribution in [0.25, 0.3) is 11.1 Å². The van der Waals surface area contributed by atoms with Crippen molar-refractivity contribution in [3.05, 3.63) is 40.5 Å². The van der Waals surface area contributed by atoms with Gasteiger partial charge in [-0.3, -0.25) is 0 Å². The summed E-state index contributed by atoms with van der Waals surface area (Å²) in [5.74, 6) is -0.00409. The van der Waals surface area contributed by atoms with Crippen LogP contribution in [0.5, 0.6) is 0 Å². The van der Waals surface area contributed by atoms with Crippen molar-refractivity contribution < 1.29 is 8.42 Å². The highest BCUT2D eigenvalue weighted by Gasteiger charge is 2.26. The molecule has 1 aromatic carbocycles. The molecule has 0 spiro atoms. The van der Waals surface area contributed by atoms with Crippen molar-refractivity contribution in [2.24, 2.45) is 0 Å². The van der Waals surface area contributed by atoms with Crippen molar-refractivity contribution in [1.82, 2.24) is 10.2 Å². The molecule has 0 aliphatic carbocycles. The van der Waals surface area contributed by atoms with Crippen LogP contribution in [0.15, 0.2) is 40.0 Å². The molecule has 0 bridgehead atoms. The van der Waals surface area contributed by atoms with Crippen molar-refractivity contribution in [3.8, 4) is 17.2 Å². The zero-order valence-electron chi connectivity index (χ0n) is 13.7. The fourth-order valence-corrected chi connectivity index (χ4v) is 6.70. The summed E-state index contributed by atoms with van der Waals surface area (Å²) >= 11 is 3.35. The lowest BCUT2D eigenvalue weighted by Gasteiger charge is -2.15. The molecule has 0 aliphatic heterocycles. The van der Waals surface area contributed by atoms with Gasteiger partial charge in [0, 0.05) is 18.1 Å². The van der Waals surface area contributed by atoms with Gasteiger partial charge in [-0.1, -0.05) is 47.7 Å². The molecule has 0 fully saturated rings. The van der Waals surface area contributed by atoms with E-state index in [1.165, 1.54) is 6.20 Å². The molecule has 0 atom stereocenters. The Morgan fingerprint density at radius 2 is 1.83 bits per heavy atom. The largest absolute Gasteiger partial charge is 0.222 e. The molecule has 126 valence electrons. The molecule has 0 aliphatic rings. The molecule has 0 unspecified atom stereocenters. The van der Waals surface area contributed by atoms with Crippen LogP contribution in [0.1, 0.15) is 5.56 Å². The maximum Gasteiger partial charge on any atom is 0.198 e. The first-order valence-corrected chi connectivity index (χ1v) is 13.5. The fourth-order valence-electron chi connectivity index (χ4n) is 2.08. The first kappa shape index (κ1) is 18.8. The number of halogens is 1. The smallest absolute Gasteiger partial charge is 0.198 e. The van der Waals surface area contributed by atoms with Gasteiger partial charge in [-0.05, 0) is 23.7 Å². The minimum Gasteiger partial charge on any atom is -0.222 e. The van der Waals surface area contributed by atoms with E-state index in [2.05, 4.69) is 45.8 Å². The third-order valence-corrected chi connectivity index (χ3v) is 7.76. The topological polar surface area (TPSA) is 83.7 Å². The van der Waals surface area contributed by atoms with E-state index in [4.69, 9.17) is 0 Å². The number of nitriles is 1. The molecule has 1 aromatic heterocycles. The van der Waals surface area contributed by atoms with E-state index in [-0.39, 0.29) is 16.3 Å². The predicted octanol–water partition coefficient (Wildman–Crippen LogP) is 3.89. The van der Waals surface area contributed by atoms with E-state index in [0.717, 1.165) is 10.0 Å². The summed E-state index contributed by atoms with van der Waals surface area (Å²) in [5.41, 5.74) is 1.26. The number of benzene rings is 1. The SMILES string of the molecule is C[Si](C)(C)CCS(=O)(=O)c1nncc(-c2ccc(Br)cc2)c1C#N. The lowest BCUT2D eigenvalue weighted by atomic mass is 10.0. The maximum absolute atomic E-state index is 12.7. The molecule has 5 nitrogen and oxygen atoms in total. The Hall–Kier alpha value is -1.56. The van der Waals surface area contributed by atoms with Crippen LogP contribution in [0.4, 0.5) is 0 Å². The van der Waals surface area contributed by atoms with E-state index in [9.17, 15) is 13.7 Å². The summed E-state index contributed by atoms with van der Waals surface area (Å²) in [6, 6.07) is 9.89. The standard InChI is InChI=1S/C16H18BrN3O2SSi/c1-24(2,3)9-8-23(21,22)16-14(10-18)15(11-19-20-16)12-4-6-13(17)7-5-12/h4-7,11H,8-9H2,1-3H3. The molecule has 0 saturated carbocycles. The summed E-state index contributed by atoms with van der Waals surface area (Å²) in [6.45, 7) is 6.33. The van der Waals surface area contributed by atoms with E-state index in [1.807, 2.05) is 18.2 Å². The lowest BCUT2D eigenvalue weighted by molar-refractivity contribution is 0.590. The number of hydrogen-bond donors (Lipinski definition) is 0. The van der Waals surface area contributed by atoms with Crippen LogP contribution in [-0.2, 0) is 9.84 Å². The number of nitrogens with zero attached hydrogens (tertiary/aromatic N) is 3. The first-order chi connectivity index (χ1) is 11.1. The molecule has 0 saturated heterocycles. The van der Waals surface area contributed by atoms with Gasteiger partial charge < -0.3 is 0 Å².